The number of hydrogen-bond donors (Lipinski definition) is 2. The number of aryl methyl sites for hydroxylation is 1. The lowest BCUT2D eigenvalue weighted by Gasteiger charge is -2.35. The molecule has 2 aliphatic rings. The highest BCUT2D eigenvalue weighted by Crippen LogP contribution is 2.26. The fraction of sp³-hybridized carbons (Fsp3) is 0.714. The Balaban J connectivity index is 0.00000147. The molecule has 1 aromatic heterocycles. The zero-order chi connectivity index (χ0) is 13.2. The van der Waals surface area contributed by atoms with E-state index in [0.29, 0.717) is 11.9 Å². The fourth-order valence-corrected chi connectivity index (χ4v) is 3.29. The van der Waals surface area contributed by atoms with Gasteiger partial charge in [-0.3, -0.25) is 9.89 Å². The molecule has 1 aliphatic heterocycles. The fourth-order valence-electron chi connectivity index (χ4n) is 3.29. The molecule has 0 bridgehead atoms. The first-order valence-corrected chi connectivity index (χ1v) is 7.25. The summed E-state index contributed by atoms with van der Waals surface area (Å²) >= 11 is 0. The van der Waals surface area contributed by atoms with Crippen LogP contribution in [-0.2, 0) is 17.6 Å². The Labute approximate surface area is 125 Å². The zero-order valence-corrected chi connectivity index (χ0v) is 12.7. The summed E-state index contributed by atoms with van der Waals surface area (Å²) < 4.78 is 0. The monoisotopic (exact) mass is 298 g/mol. The van der Waals surface area contributed by atoms with E-state index >= 15 is 0 Å². The van der Waals surface area contributed by atoms with Gasteiger partial charge in [-0.2, -0.15) is 5.10 Å². The molecule has 0 radical (unpaired) electrons. The second-order valence-electron chi connectivity index (χ2n) is 5.73. The number of H-pyrrole nitrogens is 1. The number of piperidine rings is 1. The zero-order valence-electron chi connectivity index (χ0n) is 11.9. The van der Waals surface area contributed by atoms with E-state index in [2.05, 4.69) is 20.4 Å². The number of rotatable bonds is 2. The van der Waals surface area contributed by atoms with Crippen molar-refractivity contribution in [2.24, 2.45) is 5.92 Å². The van der Waals surface area contributed by atoms with Crippen molar-refractivity contribution in [3.05, 3.63) is 17.5 Å². The predicted molar refractivity (Wildman–Crippen MR) is 80.0 cm³/mol. The lowest BCUT2D eigenvalue weighted by Crippen LogP contribution is -2.49. The van der Waals surface area contributed by atoms with Gasteiger partial charge in [-0.25, -0.2) is 0 Å². The van der Waals surface area contributed by atoms with Crippen molar-refractivity contribution in [1.29, 1.82) is 0 Å². The second kappa shape index (κ2) is 6.59. The summed E-state index contributed by atoms with van der Waals surface area (Å²) in [5.41, 5.74) is 2.45. The van der Waals surface area contributed by atoms with Crippen LogP contribution in [0.2, 0.25) is 0 Å². The van der Waals surface area contributed by atoms with Gasteiger partial charge < -0.3 is 10.2 Å². The first-order chi connectivity index (χ1) is 9.28. The Morgan fingerprint density at radius 1 is 1.50 bits per heavy atom. The molecule has 20 heavy (non-hydrogen) atoms. The van der Waals surface area contributed by atoms with E-state index in [0.717, 1.165) is 44.5 Å². The van der Waals surface area contributed by atoms with Crippen molar-refractivity contribution >= 4 is 18.3 Å². The molecule has 0 spiro atoms. The van der Waals surface area contributed by atoms with Crippen LogP contribution in [0.25, 0.3) is 0 Å². The van der Waals surface area contributed by atoms with Crippen molar-refractivity contribution in [3.8, 4) is 0 Å². The van der Waals surface area contributed by atoms with E-state index in [1.807, 2.05) is 13.2 Å². The Bertz CT molecular complexity index is 462. The smallest absolute Gasteiger partial charge is 0.226 e. The van der Waals surface area contributed by atoms with Crippen molar-refractivity contribution in [2.75, 3.05) is 20.1 Å². The van der Waals surface area contributed by atoms with Gasteiger partial charge in [-0.1, -0.05) is 0 Å². The number of carbonyl (C=O) groups is 1. The van der Waals surface area contributed by atoms with Crippen LogP contribution < -0.4 is 5.32 Å². The van der Waals surface area contributed by atoms with Gasteiger partial charge in [0.2, 0.25) is 5.91 Å². The topological polar surface area (TPSA) is 61.0 Å². The van der Waals surface area contributed by atoms with E-state index in [4.69, 9.17) is 0 Å². The van der Waals surface area contributed by atoms with Crippen molar-refractivity contribution in [2.45, 2.75) is 38.1 Å². The van der Waals surface area contributed by atoms with Gasteiger partial charge in [-0.05, 0) is 38.3 Å². The number of carbonyl (C=O) groups excluding carboxylic acids is 1. The Hall–Kier alpha value is -1.07. The molecule has 1 aromatic rings. The molecule has 2 atom stereocenters. The number of aromatic nitrogens is 2. The standard InChI is InChI=1S/C14H22N4O.ClH/c1-15-12-3-2-6-18(9-12)14(19)10-4-5-11-8-16-17-13(11)7-10;/h8,10,12,15H,2-7,9H2,1H3,(H,16,17);1H. The number of aromatic amines is 1. The molecule has 1 saturated heterocycles. The quantitative estimate of drug-likeness (QED) is 0.861. The number of likely N-dealkylation sites (tertiary alicyclic amines) is 1. The van der Waals surface area contributed by atoms with Gasteiger partial charge in [0.05, 0.1) is 6.20 Å². The van der Waals surface area contributed by atoms with Crippen LogP contribution >= 0.6 is 12.4 Å². The van der Waals surface area contributed by atoms with Gasteiger partial charge in [0, 0.05) is 37.2 Å². The van der Waals surface area contributed by atoms with Gasteiger partial charge in [-0.15, -0.1) is 12.4 Å². The SMILES string of the molecule is CNC1CCCN(C(=O)C2CCc3cn[nH]c3C2)C1.Cl. The van der Waals surface area contributed by atoms with Gasteiger partial charge >= 0.3 is 0 Å². The van der Waals surface area contributed by atoms with E-state index in [9.17, 15) is 4.79 Å². The van der Waals surface area contributed by atoms with Gasteiger partial charge in [0.1, 0.15) is 0 Å². The normalized spacial score (nSPS) is 25.8. The summed E-state index contributed by atoms with van der Waals surface area (Å²) in [6.45, 7) is 1.78. The number of amides is 1. The van der Waals surface area contributed by atoms with Crippen molar-refractivity contribution in [1.82, 2.24) is 20.4 Å². The predicted octanol–water partition coefficient (Wildman–Crippen LogP) is 1.15. The largest absolute Gasteiger partial charge is 0.341 e. The first kappa shape index (κ1) is 15.3. The lowest BCUT2D eigenvalue weighted by atomic mass is 9.86. The molecule has 5 nitrogen and oxygen atoms in total. The number of hydrogen-bond acceptors (Lipinski definition) is 3. The molecule has 0 saturated carbocycles. The average molecular weight is 299 g/mol. The highest BCUT2D eigenvalue weighted by atomic mass is 35.5. The molecule has 2 N–H and O–H groups in total. The maximum absolute atomic E-state index is 12.6. The van der Waals surface area contributed by atoms with Crippen LogP contribution in [-0.4, -0.2) is 47.2 Å². The third kappa shape index (κ3) is 2.99. The second-order valence-corrected chi connectivity index (χ2v) is 5.73. The molecular formula is C14H23ClN4O. The average Bonchev–Trinajstić information content (AvgIpc) is 2.94. The molecular weight excluding hydrogens is 276 g/mol. The maximum atomic E-state index is 12.6. The number of likely N-dealkylation sites (N-methyl/N-ethyl adjacent to an activating group) is 1. The number of nitrogens with zero attached hydrogens (tertiary/aromatic N) is 2. The maximum Gasteiger partial charge on any atom is 0.226 e. The molecule has 3 rings (SSSR count). The summed E-state index contributed by atoms with van der Waals surface area (Å²) in [6.07, 6.45) is 6.95. The summed E-state index contributed by atoms with van der Waals surface area (Å²) in [5, 5.41) is 10.4. The van der Waals surface area contributed by atoms with E-state index < -0.39 is 0 Å². The first-order valence-electron chi connectivity index (χ1n) is 7.25. The van der Waals surface area contributed by atoms with E-state index in [1.54, 1.807) is 0 Å². The Kier molecular flexibility index (Phi) is 5.05. The van der Waals surface area contributed by atoms with Crippen LogP contribution in [0, 0.1) is 5.92 Å². The molecule has 6 heteroatoms. The van der Waals surface area contributed by atoms with Gasteiger partial charge in [0.25, 0.3) is 0 Å². The third-order valence-corrected chi connectivity index (χ3v) is 4.51. The third-order valence-electron chi connectivity index (χ3n) is 4.51. The summed E-state index contributed by atoms with van der Waals surface area (Å²) in [5.74, 6) is 0.476. The summed E-state index contributed by atoms with van der Waals surface area (Å²) in [6, 6.07) is 0.462. The molecule has 1 fully saturated rings. The number of halogens is 1. The van der Waals surface area contributed by atoms with E-state index in [-0.39, 0.29) is 18.3 Å². The number of fused-ring (bicyclic) bond motifs is 1. The molecule has 2 heterocycles. The number of nitrogens with one attached hydrogen (secondary N) is 2. The van der Waals surface area contributed by atoms with Crippen LogP contribution in [0.1, 0.15) is 30.5 Å². The van der Waals surface area contributed by atoms with Crippen LogP contribution in [0.15, 0.2) is 6.20 Å². The van der Waals surface area contributed by atoms with Crippen molar-refractivity contribution in [3.63, 3.8) is 0 Å². The highest BCUT2D eigenvalue weighted by molar-refractivity contribution is 5.85. The van der Waals surface area contributed by atoms with Crippen LogP contribution in [0.3, 0.4) is 0 Å². The summed E-state index contributed by atoms with van der Waals surface area (Å²) in [4.78, 5) is 14.7. The Morgan fingerprint density at radius 3 is 3.15 bits per heavy atom. The molecule has 2 unspecified atom stereocenters. The summed E-state index contributed by atoms with van der Waals surface area (Å²) in [7, 11) is 1.98. The molecule has 112 valence electrons. The minimum atomic E-state index is 0. The minimum absolute atomic E-state index is 0. The van der Waals surface area contributed by atoms with Crippen molar-refractivity contribution < 1.29 is 4.79 Å². The molecule has 1 amide bonds. The highest BCUT2D eigenvalue weighted by Gasteiger charge is 2.31. The lowest BCUT2D eigenvalue weighted by molar-refractivity contribution is -0.137. The van der Waals surface area contributed by atoms with Crippen LogP contribution in [0.5, 0.6) is 0 Å². The molecule has 0 aromatic carbocycles. The van der Waals surface area contributed by atoms with Gasteiger partial charge in [0.15, 0.2) is 0 Å². The van der Waals surface area contributed by atoms with Crippen LogP contribution in [0.4, 0.5) is 0 Å². The Morgan fingerprint density at radius 2 is 2.35 bits per heavy atom. The molecule has 1 aliphatic carbocycles. The van der Waals surface area contributed by atoms with E-state index in [1.165, 1.54) is 12.0 Å². The minimum Gasteiger partial charge on any atom is -0.341 e.